The minimum atomic E-state index is 0.550. The van der Waals surface area contributed by atoms with Crippen LogP contribution in [0.4, 0.5) is 5.82 Å². The fraction of sp³-hybridized carbons (Fsp3) is 0.636. The summed E-state index contributed by atoms with van der Waals surface area (Å²) in [5, 5.41) is 7.50. The van der Waals surface area contributed by atoms with Crippen molar-refractivity contribution in [2.75, 3.05) is 31.8 Å². The van der Waals surface area contributed by atoms with Gasteiger partial charge in [0.15, 0.2) is 5.16 Å². The summed E-state index contributed by atoms with van der Waals surface area (Å²) >= 11 is 1.51. The lowest BCUT2D eigenvalue weighted by atomic mass is 10.2. The number of methoxy groups -OCH3 is 1. The lowest BCUT2D eigenvalue weighted by molar-refractivity contribution is 0.392. The van der Waals surface area contributed by atoms with Crippen LogP contribution in [0.2, 0.25) is 0 Å². The van der Waals surface area contributed by atoms with E-state index < -0.39 is 0 Å². The first kappa shape index (κ1) is 12.4. The van der Waals surface area contributed by atoms with Crippen LogP contribution in [0.1, 0.15) is 12.8 Å². The standard InChI is InChI=1S/C11H18N4OS/c1-16-10-6-9(14-11(15-10)17-2)13-7-8-4-3-5-12-8/h6,8,12H,3-5,7H2,1-2H3,(H,13,14,15)/t8-/m0/s1. The Hall–Kier alpha value is -1.01. The minimum Gasteiger partial charge on any atom is -0.481 e. The molecule has 1 aromatic heterocycles. The maximum atomic E-state index is 5.15. The highest BCUT2D eigenvalue weighted by atomic mass is 32.2. The Labute approximate surface area is 106 Å². The zero-order chi connectivity index (χ0) is 12.1. The van der Waals surface area contributed by atoms with E-state index in [1.807, 2.05) is 12.3 Å². The second-order valence-electron chi connectivity index (χ2n) is 3.96. The van der Waals surface area contributed by atoms with Crippen molar-refractivity contribution in [2.24, 2.45) is 0 Å². The number of anilines is 1. The van der Waals surface area contributed by atoms with Crippen LogP contribution in [0.25, 0.3) is 0 Å². The Balaban J connectivity index is 1.98. The monoisotopic (exact) mass is 254 g/mol. The zero-order valence-electron chi connectivity index (χ0n) is 10.2. The van der Waals surface area contributed by atoms with E-state index in [1.54, 1.807) is 7.11 Å². The van der Waals surface area contributed by atoms with Crippen molar-refractivity contribution in [1.82, 2.24) is 15.3 Å². The first-order valence-electron chi connectivity index (χ1n) is 5.76. The Morgan fingerprint density at radius 3 is 3.12 bits per heavy atom. The molecule has 0 bridgehead atoms. The van der Waals surface area contributed by atoms with Crippen LogP contribution in [-0.2, 0) is 0 Å². The molecule has 17 heavy (non-hydrogen) atoms. The molecule has 0 radical (unpaired) electrons. The van der Waals surface area contributed by atoms with Gasteiger partial charge in [-0.2, -0.15) is 4.98 Å². The fourth-order valence-electron chi connectivity index (χ4n) is 1.85. The molecule has 0 aromatic carbocycles. The number of hydrogen-bond acceptors (Lipinski definition) is 6. The number of rotatable bonds is 5. The Kier molecular flexibility index (Phi) is 4.44. The summed E-state index contributed by atoms with van der Waals surface area (Å²) in [6.45, 7) is 2.02. The molecule has 1 aliphatic rings. The fourth-order valence-corrected chi connectivity index (χ4v) is 2.22. The molecule has 0 unspecified atom stereocenters. The van der Waals surface area contributed by atoms with Crippen molar-refractivity contribution < 1.29 is 4.74 Å². The number of ether oxygens (including phenoxy) is 1. The van der Waals surface area contributed by atoms with E-state index in [0.717, 1.165) is 24.1 Å². The van der Waals surface area contributed by atoms with Crippen LogP contribution in [0, 0.1) is 0 Å². The van der Waals surface area contributed by atoms with Gasteiger partial charge in [-0.15, -0.1) is 0 Å². The number of hydrogen-bond donors (Lipinski definition) is 2. The molecule has 2 heterocycles. The second-order valence-corrected chi connectivity index (χ2v) is 4.73. The number of thioether (sulfide) groups is 1. The van der Waals surface area contributed by atoms with Crippen molar-refractivity contribution in [1.29, 1.82) is 0 Å². The van der Waals surface area contributed by atoms with Crippen LogP contribution in [0.3, 0.4) is 0 Å². The van der Waals surface area contributed by atoms with E-state index in [2.05, 4.69) is 20.6 Å². The first-order valence-corrected chi connectivity index (χ1v) is 6.98. The Morgan fingerprint density at radius 2 is 2.47 bits per heavy atom. The van der Waals surface area contributed by atoms with Crippen LogP contribution in [0.5, 0.6) is 5.88 Å². The average molecular weight is 254 g/mol. The zero-order valence-corrected chi connectivity index (χ0v) is 11.0. The van der Waals surface area contributed by atoms with E-state index in [1.165, 1.54) is 24.6 Å². The summed E-state index contributed by atoms with van der Waals surface area (Å²) in [7, 11) is 1.62. The van der Waals surface area contributed by atoms with Crippen LogP contribution < -0.4 is 15.4 Å². The summed E-state index contributed by atoms with van der Waals surface area (Å²) < 4.78 is 5.15. The van der Waals surface area contributed by atoms with Gasteiger partial charge in [-0.1, -0.05) is 11.8 Å². The summed E-state index contributed by atoms with van der Waals surface area (Å²) in [6, 6.07) is 2.38. The van der Waals surface area contributed by atoms with Crippen molar-refractivity contribution in [2.45, 2.75) is 24.0 Å². The van der Waals surface area contributed by atoms with Gasteiger partial charge in [-0.25, -0.2) is 4.98 Å². The summed E-state index contributed by atoms with van der Waals surface area (Å²) in [5.74, 6) is 1.43. The number of nitrogens with zero attached hydrogens (tertiary/aromatic N) is 2. The lowest BCUT2D eigenvalue weighted by Crippen LogP contribution is -2.29. The molecule has 5 nitrogen and oxygen atoms in total. The topological polar surface area (TPSA) is 59.1 Å². The van der Waals surface area contributed by atoms with Gasteiger partial charge < -0.3 is 15.4 Å². The highest BCUT2D eigenvalue weighted by Gasteiger charge is 2.14. The van der Waals surface area contributed by atoms with Gasteiger partial charge in [0.05, 0.1) is 7.11 Å². The Bertz CT molecular complexity index is 346. The molecule has 1 atom stereocenters. The summed E-state index contributed by atoms with van der Waals surface area (Å²) in [5.41, 5.74) is 0. The van der Waals surface area contributed by atoms with E-state index >= 15 is 0 Å². The molecule has 1 saturated heterocycles. The van der Waals surface area contributed by atoms with Gasteiger partial charge in [-0.05, 0) is 25.6 Å². The smallest absolute Gasteiger partial charge is 0.219 e. The first-order chi connectivity index (χ1) is 8.31. The molecule has 0 saturated carbocycles. The van der Waals surface area contributed by atoms with Crippen LogP contribution in [0.15, 0.2) is 11.2 Å². The normalized spacial score (nSPS) is 19.3. The molecular weight excluding hydrogens is 236 g/mol. The molecule has 2 N–H and O–H groups in total. The second kappa shape index (κ2) is 6.07. The van der Waals surface area contributed by atoms with Crippen molar-refractivity contribution >= 4 is 17.6 Å². The molecule has 1 aliphatic heterocycles. The van der Waals surface area contributed by atoms with Gasteiger partial charge in [-0.3, -0.25) is 0 Å². The lowest BCUT2D eigenvalue weighted by Gasteiger charge is -2.12. The quantitative estimate of drug-likeness (QED) is 0.611. The molecule has 1 fully saturated rings. The van der Waals surface area contributed by atoms with E-state index in [0.29, 0.717) is 11.9 Å². The Morgan fingerprint density at radius 1 is 1.59 bits per heavy atom. The van der Waals surface area contributed by atoms with Gasteiger partial charge in [0.1, 0.15) is 5.82 Å². The van der Waals surface area contributed by atoms with Gasteiger partial charge in [0.2, 0.25) is 5.88 Å². The predicted octanol–water partition coefficient (Wildman–Crippen LogP) is 1.37. The van der Waals surface area contributed by atoms with Crippen molar-refractivity contribution in [3.8, 4) is 5.88 Å². The van der Waals surface area contributed by atoms with Gasteiger partial charge in [0.25, 0.3) is 0 Å². The molecule has 0 aliphatic carbocycles. The maximum absolute atomic E-state index is 5.15. The molecular formula is C11H18N4OS. The van der Waals surface area contributed by atoms with Crippen molar-refractivity contribution in [3.63, 3.8) is 0 Å². The molecule has 2 rings (SSSR count). The predicted molar refractivity (Wildman–Crippen MR) is 69.9 cm³/mol. The average Bonchev–Trinajstić information content (AvgIpc) is 2.89. The van der Waals surface area contributed by atoms with E-state index in [4.69, 9.17) is 4.74 Å². The van der Waals surface area contributed by atoms with Crippen LogP contribution in [-0.4, -0.2) is 42.5 Å². The number of aromatic nitrogens is 2. The molecule has 1 aromatic rings. The third-order valence-corrected chi connectivity index (χ3v) is 3.31. The highest BCUT2D eigenvalue weighted by molar-refractivity contribution is 7.98. The molecule has 0 amide bonds. The minimum absolute atomic E-state index is 0.550. The summed E-state index contributed by atoms with van der Waals surface area (Å²) in [6.07, 6.45) is 4.44. The van der Waals surface area contributed by atoms with Gasteiger partial charge >= 0.3 is 0 Å². The molecule has 0 spiro atoms. The van der Waals surface area contributed by atoms with Crippen molar-refractivity contribution in [3.05, 3.63) is 6.07 Å². The largest absolute Gasteiger partial charge is 0.481 e. The SMILES string of the molecule is COc1cc(NC[C@@H]2CCCN2)nc(SC)n1. The van der Waals surface area contributed by atoms with Crippen LogP contribution >= 0.6 is 11.8 Å². The number of nitrogens with one attached hydrogen (secondary N) is 2. The van der Waals surface area contributed by atoms with E-state index in [9.17, 15) is 0 Å². The summed E-state index contributed by atoms with van der Waals surface area (Å²) in [4.78, 5) is 8.62. The van der Waals surface area contributed by atoms with Gasteiger partial charge in [0, 0.05) is 18.7 Å². The third-order valence-electron chi connectivity index (χ3n) is 2.77. The third kappa shape index (κ3) is 3.47. The molecule has 94 valence electrons. The highest BCUT2D eigenvalue weighted by Crippen LogP contribution is 2.18. The maximum Gasteiger partial charge on any atom is 0.219 e. The van der Waals surface area contributed by atoms with E-state index in [-0.39, 0.29) is 0 Å². The molecule has 6 heteroatoms.